The fourth-order valence-electron chi connectivity index (χ4n) is 2.63. The number of ether oxygens (including phenoxy) is 2. The number of amides is 1. The Labute approximate surface area is 144 Å². The average molecular weight is 360 g/mol. The molecule has 25 heavy (non-hydrogen) atoms. The Bertz CT molecular complexity index is 546. The second-order valence-electron chi connectivity index (χ2n) is 5.99. The van der Waals surface area contributed by atoms with Crippen LogP contribution in [0.15, 0.2) is 24.3 Å². The number of carbonyl (C=O) groups is 1. The summed E-state index contributed by atoms with van der Waals surface area (Å²) in [5, 5.41) is 6.08. The third kappa shape index (κ3) is 7.64. The van der Waals surface area contributed by atoms with Crippen LogP contribution >= 0.6 is 0 Å². The van der Waals surface area contributed by atoms with Crippen molar-refractivity contribution in [2.24, 2.45) is 5.92 Å². The Morgan fingerprint density at radius 3 is 2.60 bits per heavy atom. The SMILES string of the molecule is O=C(COc1ccccc1OCC(F)(F)F)NCCC1CCCNC1. The molecule has 0 aromatic heterocycles. The Morgan fingerprint density at radius 1 is 1.24 bits per heavy atom. The van der Waals surface area contributed by atoms with Gasteiger partial charge in [0.15, 0.2) is 24.7 Å². The number of rotatable bonds is 8. The van der Waals surface area contributed by atoms with Gasteiger partial charge >= 0.3 is 6.18 Å². The summed E-state index contributed by atoms with van der Waals surface area (Å²) in [5.41, 5.74) is 0. The maximum Gasteiger partial charge on any atom is 0.422 e. The third-order valence-corrected chi connectivity index (χ3v) is 3.87. The largest absolute Gasteiger partial charge is 0.480 e. The Morgan fingerprint density at radius 2 is 1.96 bits per heavy atom. The van der Waals surface area contributed by atoms with Gasteiger partial charge in [-0.2, -0.15) is 13.2 Å². The van der Waals surface area contributed by atoms with Gasteiger partial charge in [0.1, 0.15) is 0 Å². The number of halogens is 3. The minimum atomic E-state index is -4.43. The quantitative estimate of drug-likeness (QED) is 0.748. The van der Waals surface area contributed by atoms with Crippen molar-refractivity contribution in [1.82, 2.24) is 10.6 Å². The highest BCUT2D eigenvalue weighted by Gasteiger charge is 2.29. The van der Waals surface area contributed by atoms with E-state index in [0.717, 1.165) is 32.4 Å². The van der Waals surface area contributed by atoms with Gasteiger partial charge in [0.05, 0.1) is 0 Å². The summed E-state index contributed by atoms with van der Waals surface area (Å²) in [5.74, 6) is 0.320. The number of alkyl halides is 3. The minimum absolute atomic E-state index is 0.0408. The molecule has 1 fully saturated rings. The summed E-state index contributed by atoms with van der Waals surface area (Å²) in [4.78, 5) is 11.8. The molecule has 1 heterocycles. The van der Waals surface area contributed by atoms with E-state index in [-0.39, 0.29) is 24.0 Å². The molecule has 1 saturated heterocycles. The molecule has 0 saturated carbocycles. The van der Waals surface area contributed by atoms with Crippen LogP contribution in [0.25, 0.3) is 0 Å². The molecule has 1 unspecified atom stereocenters. The van der Waals surface area contributed by atoms with Crippen molar-refractivity contribution in [3.63, 3.8) is 0 Å². The van der Waals surface area contributed by atoms with Gasteiger partial charge in [-0.1, -0.05) is 12.1 Å². The van der Waals surface area contributed by atoms with Gasteiger partial charge in [-0.25, -0.2) is 0 Å². The first kappa shape index (κ1) is 19.4. The molecule has 5 nitrogen and oxygen atoms in total. The molecular weight excluding hydrogens is 337 g/mol. The lowest BCUT2D eigenvalue weighted by atomic mass is 9.96. The van der Waals surface area contributed by atoms with E-state index in [1.54, 1.807) is 6.07 Å². The smallest absolute Gasteiger partial charge is 0.422 e. The number of nitrogens with one attached hydrogen (secondary N) is 2. The number of benzene rings is 1. The molecule has 0 radical (unpaired) electrons. The first-order valence-corrected chi connectivity index (χ1v) is 8.33. The van der Waals surface area contributed by atoms with Gasteiger partial charge < -0.3 is 20.1 Å². The zero-order chi connectivity index (χ0) is 18.1. The summed E-state index contributed by atoms with van der Waals surface area (Å²) >= 11 is 0. The molecule has 0 aliphatic carbocycles. The number of carbonyl (C=O) groups excluding carboxylic acids is 1. The number of piperidine rings is 1. The van der Waals surface area contributed by atoms with Gasteiger partial charge in [-0.3, -0.25) is 4.79 Å². The van der Waals surface area contributed by atoms with Crippen LogP contribution < -0.4 is 20.1 Å². The van der Waals surface area contributed by atoms with E-state index < -0.39 is 12.8 Å². The van der Waals surface area contributed by atoms with Gasteiger partial charge in [-0.05, 0) is 50.4 Å². The van der Waals surface area contributed by atoms with Crippen molar-refractivity contribution in [3.8, 4) is 11.5 Å². The zero-order valence-corrected chi connectivity index (χ0v) is 13.9. The topological polar surface area (TPSA) is 59.6 Å². The minimum Gasteiger partial charge on any atom is -0.480 e. The summed E-state index contributed by atoms with van der Waals surface area (Å²) < 4.78 is 46.7. The first-order valence-electron chi connectivity index (χ1n) is 8.33. The lowest BCUT2D eigenvalue weighted by Gasteiger charge is -2.22. The van der Waals surface area contributed by atoms with Crippen LogP contribution in [-0.4, -0.2) is 44.9 Å². The normalized spacial score (nSPS) is 17.8. The number of para-hydroxylation sites is 2. The van der Waals surface area contributed by atoms with Crippen molar-refractivity contribution in [1.29, 1.82) is 0 Å². The molecule has 1 aliphatic rings. The molecule has 1 aromatic rings. The van der Waals surface area contributed by atoms with E-state index in [1.165, 1.54) is 18.2 Å². The third-order valence-electron chi connectivity index (χ3n) is 3.87. The fraction of sp³-hybridized carbons (Fsp3) is 0.588. The Balaban J connectivity index is 1.71. The highest BCUT2D eigenvalue weighted by atomic mass is 19.4. The van der Waals surface area contributed by atoms with Gasteiger partial charge in [0.2, 0.25) is 0 Å². The fourth-order valence-corrected chi connectivity index (χ4v) is 2.63. The summed E-state index contributed by atoms with van der Waals surface area (Å²) in [6.45, 7) is 0.897. The summed E-state index contributed by atoms with van der Waals surface area (Å²) in [7, 11) is 0. The van der Waals surface area contributed by atoms with Crippen LogP contribution in [0.2, 0.25) is 0 Å². The molecule has 0 bridgehead atoms. The molecule has 1 amide bonds. The second-order valence-corrected chi connectivity index (χ2v) is 5.99. The van der Waals surface area contributed by atoms with E-state index >= 15 is 0 Å². The molecule has 2 rings (SSSR count). The van der Waals surface area contributed by atoms with Crippen molar-refractivity contribution in [3.05, 3.63) is 24.3 Å². The van der Waals surface area contributed by atoms with Crippen LogP contribution in [0.4, 0.5) is 13.2 Å². The van der Waals surface area contributed by atoms with E-state index in [9.17, 15) is 18.0 Å². The van der Waals surface area contributed by atoms with E-state index in [2.05, 4.69) is 10.6 Å². The highest BCUT2D eigenvalue weighted by molar-refractivity contribution is 5.77. The van der Waals surface area contributed by atoms with Crippen LogP contribution in [0.5, 0.6) is 11.5 Å². The first-order chi connectivity index (χ1) is 11.9. The maximum absolute atomic E-state index is 12.2. The molecule has 2 N–H and O–H groups in total. The van der Waals surface area contributed by atoms with Gasteiger partial charge in [0.25, 0.3) is 5.91 Å². The van der Waals surface area contributed by atoms with Gasteiger partial charge in [-0.15, -0.1) is 0 Å². The van der Waals surface area contributed by atoms with E-state index in [1.807, 2.05) is 0 Å². The molecule has 1 aliphatic heterocycles. The standard InChI is InChI=1S/C17H23F3N2O3/c18-17(19,20)12-25-15-6-2-1-5-14(15)24-11-16(23)22-9-7-13-4-3-8-21-10-13/h1-2,5-6,13,21H,3-4,7-12H2,(H,22,23). The molecule has 8 heteroatoms. The Kier molecular flexibility index (Phi) is 7.36. The molecule has 1 atom stereocenters. The predicted molar refractivity (Wildman–Crippen MR) is 86.7 cm³/mol. The zero-order valence-electron chi connectivity index (χ0n) is 13.9. The van der Waals surface area contributed by atoms with Crippen molar-refractivity contribution >= 4 is 5.91 Å². The van der Waals surface area contributed by atoms with Crippen LogP contribution in [0.3, 0.4) is 0 Å². The van der Waals surface area contributed by atoms with Crippen molar-refractivity contribution < 1.29 is 27.4 Å². The number of hydrogen-bond donors (Lipinski definition) is 2. The summed E-state index contributed by atoms with van der Waals surface area (Å²) in [6.07, 6.45) is -1.23. The lowest BCUT2D eigenvalue weighted by molar-refractivity contribution is -0.153. The predicted octanol–water partition coefficient (Wildman–Crippen LogP) is 2.51. The Hall–Kier alpha value is -1.96. The lowest BCUT2D eigenvalue weighted by Crippen LogP contribution is -2.34. The van der Waals surface area contributed by atoms with Crippen LogP contribution in [-0.2, 0) is 4.79 Å². The van der Waals surface area contributed by atoms with Crippen LogP contribution in [0.1, 0.15) is 19.3 Å². The summed E-state index contributed by atoms with van der Waals surface area (Å²) in [6, 6.07) is 5.97. The monoisotopic (exact) mass is 360 g/mol. The van der Waals surface area contributed by atoms with Gasteiger partial charge in [0, 0.05) is 6.54 Å². The second kappa shape index (κ2) is 9.50. The maximum atomic E-state index is 12.2. The van der Waals surface area contributed by atoms with Crippen LogP contribution in [0, 0.1) is 5.92 Å². The molecule has 0 spiro atoms. The van der Waals surface area contributed by atoms with E-state index in [4.69, 9.17) is 9.47 Å². The average Bonchev–Trinajstić information content (AvgIpc) is 2.59. The molecule has 140 valence electrons. The van der Waals surface area contributed by atoms with Crippen molar-refractivity contribution in [2.75, 3.05) is 32.8 Å². The highest BCUT2D eigenvalue weighted by Crippen LogP contribution is 2.28. The number of hydrogen-bond acceptors (Lipinski definition) is 4. The molecule has 1 aromatic carbocycles. The molecular formula is C17H23F3N2O3. The van der Waals surface area contributed by atoms with Crippen molar-refractivity contribution in [2.45, 2.75) is 25.4 Å². The van der Waals surface area contributed by atoms with E-state index in [0.29, 0.717) is 12.5 Å².